The van der Waals surface area contributed by atoms with E-state index in [2.05, 4.69) is 18.7 Å². The standard InChI is InChI=1S/C12H26N2O2/c1-11(2)14(5-6-15)10-12(9-13)3-7-16-8-4-12/h11,15H,3-10,13H2,1-2H3. The zero-order valence-electron chi connectivity index (χ0n) is 10.6. The SMILES string of the molecule is CC(C)N(CCO)CC1(CN)CCOCC1. The van der Waals surface area contributed by atoms with E-state index < -0.39 is 0 Å². The summed E-state index contributed by atoms with van der Waals surface area (Å²) < 4.78 is 5.41. The topological polar surface area (TPSA) is 58.7 Å². The summed E-state index contributed by atoms with van der Waals surface area (Å²) in [6.07, 6.45) is 2.08. The summed E-state index contributed by atoms with van der Waals surface area (Å²) in [5.41, 5.74) is 6.13. The van der Waals surface area contributed by atoms with Gasteiger partial charge >= 0.3 is 0 Å². The van der Waals surface area contributed by atoms with Crippen molar-refractivity contribution in [2.24, 2.45) is 11.1 Å². The van der Waals surface area contributed by atoms with Crippen molar-refractivity contribution in [2.75, 3.05) is 39.5 Å². The molecule has 1 fully saturated rings. The van der Waals surface area contributed by atoms with Crippen LogP contribution >= 0.6 is 0 Å². The van der Waals surface area contributed by atoms with Gasteiger partial charge in [-0.15, -0.1) is 0 Å². The molecule has 4 nitrogen and oxygen atoms in total. The second-order valence-electron chi connectivity index (χ2n) is 5.10. The van der Waals surface area contributed by atoms with Gasteiger partial charge in [-0.2, -0.15) is 0 Å². The predicted octanol–water partition coefficient (Wildman–Crippen LogP) is 0.445. The molecule has 0 aliphatic carbocycles. The molecule has 4 heteroatoms. The number of rotatable bonds is 6. The van der Waals surface area contributed by atoms with Crippen LogP contribution < -0.4 is 5.73 Å². The number of ether oxygens (including phenoxy) is 1. The van der Waals surface area contributed by atoms with Gasteiger partial charge in [-0.25, -0.2) is 0 Å². The molecule has 0 unspecified atom stereocenters. The van der Waals surface area contributed by atoms with Gasteiger partial charge in [0, 0.05) is 32.3 Å². The van der Waals surface area contributed by atoms with Crippen molar-refractivity contribution in [1.82, 2.24) is 4.90 Å². The molecule has 1 aliphatic rings. The van der Waals surface area contributed by atoms with Gasteiger partial charge < -0.3 is 15.6 Å². The van der Waals surface area contributed by atoms with E-state index >= 15 is 0 Å². The van der Waals surface area contributed by atoms with Crippen LogP contribution in [0.4, 0.5) is 0 Å². The monoisotopic (exact) mass is 230 g/mol. The lowest BCUT2D eigenvalue weighted by atomic mass is 9.79. The molecule has 1 rings (SSSR count). The van der Waals surface area contributed by atoms with E-state index in [4.69, 9.17) is 15.6 Å². The van der Waals surface area contributed by atoms with Crippen LogP contribution in [0, 0.1) is 5.41 Å². The second kappa shape index (κ2) is 6.55. The quantitative estimate of drug-likeness (QED) is 0.695. The van der Waals surface area contributed by atoms with Crippen LogP contribution in [0.2, 0.25) is 0 Å². The van der Waals surface area contributed by atoms with E-state index in [0.717, 1.165) is 39.1 Å². The highest BCUT2D eigenvalue weighted by Crippen LogP contribution is 2.30. The first-order valence-electron chi connectivity index (χ1n) is 6.26. The number of aliphatic hydroxyl groups is 1. The fourth-order valence-corrected chi connectivity index (χ4v) is 2.31. The lowest BCUT2D eigenvalue weighted by Crippen LogP contribution is -2.48. The first-order valence-corrected chi connectivity index (χ1v) is 6.26. The third kappa shape index (κ3) is 3.70. The molecule has 0 aromatic heterocycles. The summed E-state index contributed by atoms with van der Waals surface area (Å²) in [6, 6.07) is 0.457. The van der Waals surface area contributed by atoms with E-state index in [1.54, 1.807) is 0 Å². The maximum absolute atomic E-state index is 9.07. The number of nitrogens with two attached hydrogens (primary N) is 1. The van der Waals surface area contributed by atoms with Crippen molar-refractivity contribution in [3.05, 3.63) is 0 Å². The van der Waals surface area contributed by atoms with Gasteiger partial charge in [0.25, 0.3) is 0 Å². The Morgan fingerprint density at radius 1 is 1.38 bits per heavy atom. The highest BCUT2D eigenvalue weighted by molar-refractivity contribution is 4.86. The van der Waals surface area contributed by atoms with Gasteiger partial charge in [-0.1, -0.05) is 0 Å². The number of aliphatic hydroxyl groups excluding tert-OH is 1. The van der Waals surface area contributed by atoms with Crippen molar-refractivity contribution < 1.29 is 9.84 Å². The summed E-state index contributed by atoms with van der Waals surface area (Å²) in [4.78, 5) is 2.32. The first-order chi connectivity index (χ1) is 7.63. The van der Waals surface area contributed by atoms with Crippen LogP contribution in [0.1, 0.15) is 26.7 Å². The number of hydrogen-bond acceptors (Lipinski definition) is 4. The van der Waals surface area contributed by atoms with Crippen LogP contribution in [0.25, 0.3) is 0 Å². The Morgan fingerprint density at radius 3 is 2.44 bits per heavy atom. The molecule has 0 saturated carbocycles. The zero-order chi connectivity index (χ0) is 12.0. The first kappa shape index (κ1) is 13.9. The van der Waals surface area contributed by atoms with E-state index in [9.17, 15) is 0 Å². The van der Waals surface area contributed by atoms with Gasteiger partial charge in [0.05, 0.1) is 6.61 Å². The molecule has 1 aliphatic heterocycles. The van der Waals surface area contributed by atoms with Crippen molar-refractivity contribution in [1.29, 1.82) is 0 Å². The van der Waals surface area contributed by atoms with Gasteiger partial charge in [-0.05, 0) is 38.6 Å². The van der Waals surface area contributed by atoms with Crippen LogP contribution in [0.3, 0.4) is 0 Å². The Morgan fingerprint density at radius 2 is 2.00 bits per heavy atom. The minimum atomic E-state index is 0.192. The molecular weight excluding hydrogens is 204 g/mol. The Hall–Kier alpha value is -0.160. The van der Waals surface area contributed by atoms with Gasteiger partial charge in [0.1, 0.15) is 0 Å². The Kier molecular flexibility index (Phi) is 5.69. The second-order valence-corrected chi connectivity index (χ2v) is 5.10. The molecule has 0 aromatic carbocycles. The fourth-order valence-electron chi connectivity index (χ4n) is 2.31. The summed E-state index contributed by atoms with van der Waals surface area (Å²) in [5.74, 6) is 0. The van der Waals surface area contributed by atoms with Crippen molar-refractivity contribution in [3.8, 4) is 0 Å². The maximum atomic E-state index is 9.07. The molecule has 0 aromatic rings. The van der Waals surface area contributed by atoms with Gasteiger partial charge in [0.2, 0.25) is 0 Å². The third-order valence-electron chi connectivity index (χ3n) is 3.64. The van der Waals surface area contributed by atoms with Gasteiger partial charge in [-0.3, -0.25) is 4.90 Å². The minimum Gasteiger partial charge on any atom is -0.395 e. The van der Waals surface area contributed by atoms with Crippen LogP contribution in [0.15, 0.2) is 0 Å². The summed E-state index contributed by atoms with van der Waals surface area (Å²) in [7, 11) is 0. The largest absolute Gasteiger partial charge is 0.395 e. The molecule has 0 spiro atoms. The molecular formula is C12H26N2O2. The van der Waals surface area contributed by atoms with E-state index in [1.165, 1.54) is 0 Å². The maximum Gasteiger partial charge on any atom is 0.0558 e. The molecule has 1 saturated heterocycles. The fraction of sp³-hybridized carbons (Fsp3) is 1.00. The van der Waals surface area contributed by atoms with Gasteiger partial charge in [0.15, 0.2) is 0 Å². The van der Waals surface area contributed by atoms with Crippen LogP contribution in [0.5, 0.6) is 0 Å². The molecule has 0 atom stereocenters. The number of nitrogens with zero attached hydrogens (tertiary/aromatic N) is 1. The summed E-state index contributed by atoms with van der Waals surface area (Å²) in [5, 5.41) is 9.07. The molecule has 0 amide bonds. The summed E-state index contributed by atoms with van der Waals surface area (Å²) in [6.45, 7) is 8.62. The third-order valence-corrected chi connectivity index (χ3v) is 3.64. The van der Waals surface area contributed by atoms with Crippen molar-refractivity contribution in [2.45, 2.75) is 32.7 Å². The highest BCUT2D eigenvalue weighted by atomic mass is 16.5. The van der Waals surface area contributed by atoms with Crippen molar-refractivity contribution in [3.63, 3.8) is 0 Å². The predicted molar refractivity (Wildman–Crippen MR) is 65.3 cm³/mol. The van der Waals surface area contributed by atoms with E-state index in [-0.39, 0.29) is 12.0 Å². The molecule has 0 radical (unpaired) electrons. The van der Waals surface area contributed by atoms with E-state index in [0.29, 0.717) is 12.6 Å². The lowest BCUT2D eigenvalue weighted by molar-refractivity contribution is -0.00789. The minimum absolute atomic E-state index is 0.192. The van der Waals surface area contributed by atoms with Crippen LogP contribution in [-0.4, -0.2) is 55.5 Å². The Balaban J connectivity index is 2.57. The van der Waals surface area contributed by atoms with E-state index in [1.807, 2.05) is 0 Å². The molecule has 16 heavy (non-hydrogen) atoms. The molecule has 96 valence electrons. The average Bonchev–Trinajstić information content (AvgIpc) is 2.29. The lowest BCUT2D eigenvalue weighted by Gasteiger charge is -2.41. The van der Waals surface area contributed by atoms with Crippen molar-refractivity contribution >= 4 is 0 Å². The molecule has 1 heterocycles. The normalized spacial score (nSPS) is 20.6. The Bertz CT molecular complexity index is 191. The van der Waals surface area contributed by atoms with Crippen LogP contribution in [-0.2, 0) is 4.74 Å². The summed E-state index contributed by atoms with van der Waals surface area (Å²) >= 11 is 0. The Labute approximate surface area is 98.8 Å². The number of hydrogen-bond donors (Lipinski definition) is 2. The molecule has 0 bridgehead atoms. The highest BCUT2D eigenvalue weighted by Gasteiger charge is 2.33. The smallest absolute Gasteiger partial charge is 0.0558 e. The zero-order valence-corrected chi connectivity index (χ0v) is 10.6. The average molecular weight is 230 g/mol. The molecule has 3 N–H and O–H groups in total.